The highest BCUT2D eigenvalue weighted by atomic mass is 35.5. The van der Waals surface area contributed by atoms with E-state index in [1.807, 2.05) is 0 Å². The average Bonchev–Trinajstić information content (AvgIpc) is 2.40. The molecule has 2 rings (SSSR count). The van der Waals surface area contributed by atoms with Gasteiger partial charge in [0.15, 0.2) is 9.84 Å². The van der Waals surface area contributed by atoms with E-state index in [2.05, 4.69) is 5.32 Å². The average molecular weight is 366 g/mol. The number of rotatable bonds is 3. The Morgan fingerprint density at radius 3 is 2.26 bits per heavy atom. The standard InChI is InChI=1S/C14H11ClF3NO3S/c1-23(21,22)9-3-4-11(10(15)7-9)19-12-6-8(14(16,17)18)2-5-13(12)20/h2-7,19-20H,1H3. The van der Waals surface area contributed by atoms with Gasteiger partial charge in [-0.1, -0.05) is 11.6 Å². The Bertz CT molecular complexity index is 851. The molecule has 0 saturated carbocycles. The molecule has 0 aromatic heterocycles. The molecule has 0 aliphatic carbocycles. The van der Waals surface area contributed by atoms with Crippen LogP contribution in [0.25, 0.3) is 0 Å². The van der Waals surface area contributed by atoms with E-state index < -0.39 is 27.3 Å². The molecule has 0 atom stereocenters. The van der Waals surface area contributed by atoms with Gasteiger partial charge in [0, 0.05) is 6.26 Å². The van der Waals surface area contributed by atoms with E-state index in [0.29, 0.717) is 0 Å². The molecule has 23 heavy (non-hydrogen) atoms. The molecular weight excluding hydrogens is 355 g/mol. The zero-order valence-corrected chi connectivity index (χ0v) is 13.2. The van der Waals surface area contributed by atoms with Crippen LogP contribution >= 0.6 is 11.6 Å². The summed E-state index contributed by atoms with van der Waals surface area (Å²) >= 11 is 5.94. The number of anilines is 2. The van der Waals surface area contributed by atoms with Crippen molar-refractivity contribution in [3.63, 3.8) is 0 Å². The SMILES string of the molecule is CS(=O)(=O)c1ccc(Nc2cc(C(F)(F)F)ccc2O)c(Cl)c1. The molecule has 0 fully saturated rings. The molecule has 0 amide bonds. The first-order chi connectivity index (χ1) is 10.5. The molecule has 0 heterocycles. The minimum atomic E-state index is -4.56. The van der Waals surface area contributed by atoms with Crippen LogP contribution in [-0.4, -0.2) is 19.8 Å². The van der Waals surface area contributed by atoms with Gasteiger partial charge in [-0.25, -0.2) is 8.42 Å². The molecule has 4 nitrogen and oxygen atoms in total. The largest absolute Gasteiger partial charge is 0.506 e. The quantitative estimate of drug-likeness (QED) is 0.799. The molecule has 0 saturated heterocycles. The van der Waals surface area contributed by atoms with Crippen LogP contribution in [0.4, 0.5) is 24.5 Å². The molecule has 0 aliphatic heterocycles. The minimum absolute atomic E-state index is 0.00950. The van der Waals surface area contributed by atoms with Gasteiger partial charge in [-0.2, -0.15) is 13.2 Å². The van der Waals surface area contributed by atoms with Gasteiger partial charge >= 0.3 is 6.18 Å². The van der Waals surface area contributed by atoms with Crippen molar-refractivity contribution in [1.29, 1.82) is 0 Å². The van der Waals surface area contributed by atoms with Crippen LogP contribution in [0.5, 0.6) is 5.75 Å². The van der Waals surface area contributed by atoms with Gasteiger partial charge < -0.3 is 10.4 Å². The van der Waals surface area contributed by atoms with Crippen molar-refractivity contribution in [2.24, 2.45) is 0 Å². The molecule has 2 aromatic carbocycles. The van der Waals surface area contributed by atoms with E-state index in [4.69, 9.17) is 11.6 Å². The summed E-state index contributed by atoms with van der Waals surface area (Å²) in [7, 11) is -3.46. The van der Waals surface area contributed by atoms with Gasteiger partial charge in [0.2, 0.25) is 0 Å². The maximum atomic E-state index is 12.7. The normalized spacial score (nSPS) is 12.2. The van der Waals surface area contributed by atoms with E-state index >= 15 is 0 Å². The fourth-order valence-corrected chi connectivity index (χ4v) is 2.73. The summed E-state index contributed by atoms with van der Waals surface area (Å²) in [5, 5.41) is 12.2. The first-order valence-corrected chi connectivity index (χ1v) is 8.42. The lowest BCUT2D eigenvalue weighted by Gasteiger charge is -2.13. The van der Waals surface area contributed by atoms with Gasteiger partial charge in [-0.3, -0.25) is 0 Å². The third-order valence-corrected chi connectivity index (χ3v) is 4.38. The van der Waals surface area contributed by atoms with Crippen molar-refractivity contribution in [3.05, 3.63) is 47.0 Å². The van der Waals surface area contributed by atoms with Gasteiger partial charge in [0.1, 0.15) is 5.75 Å². The highest BCUT2D eigenvalue weighted by Crippen LogP contribution is 2.37. The molecule has 2 aromatic rings. The summed E-state index contributed by atoms with van der Waals surface area (Å²) in [6.45, 7) is 0. The fraction of sp³-hybridized carbons (Fsp3) is 0.143. The highest BCUT2D eigenvalue weighted by molar-refractivity contribution is 7.90. The zero-order chi connectivity index (χ0) is 17.4. The Balaban J connectivity index is 2.40. The van der Waals surface area contributed by atoms with Crippen molar-refractivity contribution in [2.75, 3.05) is 11.6 Å². The topological polar surface area (TPSA) is 66.4 Å². The summed E-state index contributed by atoms with van der Waals surface area (Å²) < 4.78 is 60.9. The molecule has 9 heteroatoms. The lowest BCUT2D eigenvalue weighted by molar-refractivity contribution is -0.137. The monoisotopic (exact) mass is 365 g/mol. The van der Waals surface area contributed by atoms with Crippen LogP contribution in [-0.2, 0) is 16.0 Å². The maximum Gasteiger partial charge on any atom is 0.416 e. The molecule has 0 radical (unpaired) electrons. The van der Waals surface area contributed by atoms with E-state index in [-0.39, 0.29) is 21.3 Å². The molecular formula is C14H11ClF3NO3S. The van der Waals surface area contributed by atoms with Crippen molar-refractivity contribution in [3.8, 4) is 5.75 Å². The molecule has 0 spiro atoms. The van der Waals surface area contributed by atoms with Gasteiger partial charge in [0.25, 0.3) is 0 Å². The number of alkyl halides is 3. The summed E-state index contributed by atoms with van der Waals surface area (Å²) in [5.41, 5.74) is -0.982. The lowest BCUT2D eigenvalue weighted by atomic mass is 10.1. The Labute approximate surface area is 135 Å². The number of phenolic OH excluding ortho intramolecular Hbond substituents is 1. The predicted octanol–water partition coefficient (Wildman–Crippen LogP) is 4.21. The van der Waals surface area contributed by atoms with Gasteiger partial charge in [-0.15, -0.1) is 0 Å². The van der Waals surface area contributed by atoms with Crippen molar-refractivity contribution in [1.82, 2.24) is 0 Å². The number of hydrogen-bond acceptors (Lipinski definition) is 4. The van der Waals surface area contributed by atoms with E-state index in [9.17, 15) is 26.7 Å². The van der Waals surface area contributed by atoms with E-state index in [0.717, 1.165) is 24.5 Å². The van der Waals surface area contributed by atoms with E-state index in [1.165, 1.54) is 18.2 Å². The number of sulfone groups is 1. The van der Waals surface area contributed by atoms with Gasteiger partial charge in [-0.05, 0) is 36.4 Å². The number of aromatic hydroxyl groups is 1. The Kier molecular flexibility index (Phi) is 4.50. The highest BCUT2D eigenvalue weighted by Gasteiger charge is 2.31. The summed E-state index contributed by atoms with van der Waals surface area (Å²) in [6, 6.07) is 6.12. The van der Waals surface area contributed by atoms with Crippen LogP contribution in [0.2, 0.25) is 5.02 Å². The minimum Gasteiger partial charge on any atom is -0.506 e. The summed E-state index contributed by atoms with van der Waals surface area (Å²) in [4.78, 5) is -0.0266. The first kappa shape index (κ1) is 17.4. The Hall–Kier alpha value is -1.93. The third kappa shape index (κ3) is 4.08. The second-order valence-electron chi connectivity index (χ2n) is 4.77. The van der Waals surface area contributed by atoms with Crippen molar-refractivity contribution in [2.45, 2.75) is 11.1 Å². The zero-order valence-electron chi connectivity index (χ0n) is 11.6. The number of benzene rings is 2. The van der Waals surface area contributed by atoms with E-state index in [1.54, 1.807) is 0 Å². The smallest absolute Gasteiger partial charge is 0.416 e. The second kappa shape index (κ2) is 5.93. The molecule has 124 valence electrons. The fourth-order valence-electron chi connectivity index (χ4n) is 1.79. The van der Waals surface area contributed by atoms with Crippen LogP contribution in [0.15, 0.2) is 41.3 Å². The van der Waals surface area contributed by atoms with Crippen LogP contribution in [0.3, 0.4) is 0 Å². The number of nitrogens with one attached hydrogen (secondary N) is 1. The van der Waals surface area contributed by atoms with Crippen molar-refractivity contribution < 1.29 is 26.7 Å². The van der Waals surface area contributed by atoms with Gasteiger partial charge in [0.05, 0.1) is 26.9 Å². The maximum absolute atomic E-state index is 12.7. The molecule has 0 aliphatic rings. The second-order valence-corrected chi connectivity index (χ2v) is 7.19. The summed E-state index contributed by atoms with van der Waals surface area (Å²) in [5.74, 6) is -0.402. The number of halogens is 4. The predicted molar refractivity (Wildman–Crippen MR) is 81.0 cm³/mol. The summed E-state index contributed by atoms with van der Waals surface area (Å²) in [6.07, 6.45) is -3.56. The third-order valence-electron chi connectivity index (χ3n) is 2.96. The first-order valence-electron chi connectivity index (χ1n) is 6.15. The molecule has 2 N–H and O–H groups in total. The number of phenols is 1. The Morgan fingerprint density at radius 2 is 1.74 bits per heavy atom. The number of hydrogen-bond donors (Lipinski definition) is 2. The van der Waals surface area contributed by atoms with Crippen LogP contribution < -0.4 is 5.32 Å². The molecule has 0 bridgehead atoms. The van der Waals surface area contributed by atoms with Crippen LogP contribution in [0, 0.1) is 0 Å². The lowest BCUT2D eigenvalue weighted by Crippen LogP contribution is -2.05. The van der Waals surface area contributed by atoms with Crippen molar-refractivity contribution >= 4 is 32.8 Å². The van der Waals surface area contributed by atoms with Crippen LogP contribution in [0.1, 0.15) is 5.56 Å². The molecule has 0 unspecified atom stereocenters. The Morgan fingerprint density at radius 1 is 1.09 bits per heavy atom.